The van der Waals surface area contributed by atoms with Crippen LogP contribution in [0.3, 0.4) is 0 Å². The van der Waals surface area contributed by atoms with Crippen molar-refractivity contribution in [1.82, 2.24) is 9.78 Å². The number of nitrogens with one attached hydrogen (secondary N) is 1. The zero-order chi connectivity index (χ0) is 19.9. The number of alkyl halides is 5. The maximum absolute atomic E-state index is 13.2. The zero-order valence-electron chi connectivity index (χ0n) is 15.0. The van der Waals surface area contributed by atoms with E-state index in [2.05, 4.69) is 10.4 Å². The molecule has 0 bridgehead atoms. The molecule has 1 aromatic rings. The van der Waals surface area contributed by atoms with Gasteiger partial charge in [-0.05, 0) is 12.8 Å². The molecule has 26 heavy (non-hydrogen) atoms. The van der Waals surface area contributed by atoms with Crippen LogP contribution >= 0.6 is 0 Å². The zero-order valence-corrected chi connectivity index (χ0v) is 15.0. The number of carbonyl (C=O) groups excluding carboxylic acids is 1. The second-order valence-electron chi connectivity index (χ2n) is 7.05. The van der Waals surface area contributed by atoms with Crippen LogP contribution < -0.4 is 5.32 Å². The SMILES string of the molecule is CC(C)c1c(C2CC(F)(F)C2)nn(C)c1NC(=O)O[C@H](C)CC(F)(F)F. The molecule has 10 heteroatoms. The van der Waals surface area contributed by atoms with Gasteiger partial charge in [0.15, 0.2) is 0 Å². The summed E-state index contributed by atoms with van der Waals surface area (Å²) in [5.41, 5.74) is 1.07. The molecule has 1 heterocycles. The second kappa shape index (κ2) is 7.03. The van der Waals surface area contributed by atoms with Crippen molar-refractivity contribution >= 4 is 11.9 Å². The number of anilines is 1. The smallest absolute Gasteiger partial charge is 0.413 e. The average Bonchev–Trinajstić information content (AvgIpc) is 2.70. The summed E-state index contributed by atoms with van der Waals surface area (Å²) in [5.74, 6) is -3.01. The third-order valence-electron chi connectivity index (χ3n) is 4.21. The van der Waals surface area contributed by atoms with E-state index in [0.717, 1.165) is 6.92 Å². The van der Waals surface area contributed by atoms with Crippen LogP contribution in [0.15, 0.2) is 0 Å². The maximum atomic E-state index is 13.2. The number of nitrogens with zero attached hydrogens (tertiary/aromatic N) is 2. The van der Waals surface area contributed by atoms with E-state index in [1.807, 2.05) is 13.8 Å². The van der Waals surface area contributed by atoms with Crippen molar-refractivity contribution < 1.29 is 31.5 Å². The highest BCUT2D eigenvalue weighted by Gasteiger charge is 2.48. The van der Waals surface area contributed by atoms with E-state index in [0.29, 0.717) is 11.3 Å². The summed E-state index contributed by atoms with van der Waals surface area (Å²) in [6.07, 6.45) is -8.72. The summed E-state index contributed by atoms with van der Waals surface area (Å²) in [6.45, 7) is 4.78. The Morgan fingerprint density at radius 3 is 2.38 bits per heavy atom. The highest BCUT2D eigenvalue weighted by Crippen LogP contribution is 2.50. The Labute approximate surface area is 147 Å². The molecule has 1 aromatic heterocycles. The Bertz CT molecular complexity index is 662. The van der Waals surface area contributed by atoms with Crippen molar-refractivity contribution in [3.63, 3.8) is 0 Å². The predicted octanol–water partition coefficient (Wildman–Crippen LogP) is 4.95. The molecule has 1 fully saturated rings. The Balaban J connectivity index is 2.14. The Kier molecular flexibility index (Phi) is 5.53. The number of rotatable bonds is 5. The minimum absolute atomic E-state index is 0.129. The lowest BCUT2D eigenvalue weighted by atomic mass is 9.77. The number of carbonyl (C=O) groups is 1. The molecule has 1 atom stereocenters. The standard InChI is InChI=1S/C16H22F5N3O2/c1-8(2)11-12(10-6-15(17,18)7-10)23-24(4)13(11)22-14(25)26-9(3)5-16(19,20)21/h8-10H,5-7H2,1-4H3,(H,22,25)/t9-/m1/s1. The van der Waals surface area contributed by atoms with Crippen molar-refractivity contribution in [1.29, 1.82) is 0 Å². The van der Waals surface area contributed by atoms with Crippen molar-refractivity contribution in [2.75, 3.05) is 5.32 Å². The molecule has 0 aromatic carbocycles. The molecular weight excluding hydrogens is 361 g/mol. The first-order chi connectivity index (χ1) is 11.8. The number of aromatic nitrogens is 2. The van der Waals surface area contributed by atoms with Gasteiger partial charge in [-0.3, -0.25) is 10.00 Å². The van der Waals surface area contributed by atoms with E-state index in [4.69, 9.17) is 4.74 Å². The summed E-state index contributed by atoms with van der Waals surface area (Å²) in [6, 6.07) is 0. The van der Waals surface area contributed by atoms with Crippen LogP contribution in [0.25, 0.3) is 0 Å². The first-order valence-corrected chi connectivity index (χ1v) is 8.28. The van der Waals surface area contributed by atoms with Gasteiger partial charge in [0.1, 0.15) is 11.9 Å². The quantitative estimate of drug-likeness (QED) is 0.733. The van der Waals surface area contributed by atoms with Crippen molar-refractivity contribution in [3.8, 4) is 0 Å². The maximum Gasteiger partial charge on any atom is 0.413 e. The summed E-state index contributed by atoms with van der Waals surface area (Å²) in [4.78, 5) is 11.9. The minimum atomic E-state index is -4.45. The van der Waals surface area contributed by atoms with Crippen LogP contribution in [0.4, 0.5) is 32.6 Å². The van der Waals surface area contributed by atoms with Gasteiger partial charge in [0.25, 0.3) is 0 Å². The van der Waals surface area contributed by atoms with Gasteiger partial charge in [-0.2, -0.15) is 18.3 Å². The van der Waals surface area contributed by atoms with Gasteiger partial charge in [0.05, 0.1) is 12.1 Å². The van der Waals surface area contributed by atoms with E-state index in [9.17, 15) is 26.7 Å². The fraction of sp³-hybridized carbons (Fsp3) is 0.750. The van der Waals surface area contributed by atoms with Crippen molar-refractivity contribution in [3.05, 3.63) is 11.3 Å². The second-order valence-corrected chi connectivity index (χ2v) is 7.05. The summed E-state index contributed by atoms with van der Waals surface area (Å²) < 4.78 is 69.4. The van der Waals surface area contributed by atoms with Crippen molar-refractivity contribution in [2.24, 2.45) is 7.05 Å². The molecule has 0 spiro atoms. The first-order valence-electron chi connectivity index (χ1n) is 8.28. The van der Waals surface area contributed by atoms with Gasteiger partial charge >= 0.3 is 12.3 Å². The lowest BCUT2D eigenvalue weighted by Gasteiger charge is -2.34. The number of ether oxygens (including phenoxy) is 1. The molecule has 148 valence electrons. The van der Waals surface area contributed by atoms with Crippen molar-refractivity contribution in [2.45, 2.75) is 70.1 Å². The Morgan fingerprint density at radius 2 is 1.92 bits per heavy atom. The molecule has 1 aliphatic carbocycles. The number of hydrogen-bond acceptors (Lipinski definition) is 3. The average molecular weight is 383 g/mol. The highest BCUT2D eigenvalue weighted by atomic mass is 19.4. The van der Waals surface area contributed by atoms with Gasteiger partial charge in [-0.1, -0.05) is 13.8 Å². The molecule has 1 amide bonds. The number of amides is 1. The third kappa shape index (κ3) is 4.85. The molecule has 0 radical (unpaired) electrons. The fourth-order valence-corrected chi connectivity index (χ4v) is 3.11. The predicted molar refractivity (Wildman–Crippen MR) is 84.5 cm³/mol. The fourth-order valence-electron chi connectivity index (χ4n) is 3.11. The van der Waals surface area contributed by atoms with E-state index >= 15 is 0 Å². The topological polar surface area (TPSA) is 56.2 Å². The molecule has 1 aliphatic rings. The monoisotopic (exact) mass is 383 g/mol. The number of halogens is 5. The van der Waals surface area contributed by atoms with Gasteiger partial charge in [0, 0.05) is 31.4 Å². The lowest BCUT2D eigenvalue weighted by Crippen LogP contribution is -2.34. The molecule has 1 saturated carbocycles. The highest BCUT2D eigenvalue weighted by molar-refractivity contribution is 5.85. The minimum Gasteiger partial charge on any atom is -0.446 e. The summed E-state index contributed by atoms with van der Waals surface area (Å²) >= 11 is 0. The van der Waals surface area contributed by atoms with Gasteiger partial charge in [0.2, 0.25) is 5.92 Å². The van der Waals surface area contributed by atoms with Gasteiger partial charge in [-0.25, -0.2) is 13.6 Å². The Hall–Kier alpha value is -1.87. The van der Waals surface area contributed by atoms with Gasteiger partial charge in [-0.15, -0.1) is 0 Å². The molecule has 0 saturated heterocycles. The largest absolute Gasteiger partial charge is 0.446 e. The van der Waals surface area contributed by atoms with E-state index in [-0.39, 0.29) is 24.6 Å². The van der Waals surface area contributed by atoms with Crippen LogP contribution in [0.5, 0.6) is 0 Å². The lowest BCUT2D eigenvalue weighted by molar-refractivity contribution is -0.151. The molecule has 2 rings (SSSR count). The molecule has 1 N–H and O–H groups in total. The molecular formula is C16H22F5N3O2. The van der Waals surface area contributed by atoms with Crippen LogP contribution in [-0.4, -0.2) is 34.1 Å². The van der Waals surface area contributed by atoms with E-state index in [1.54, 1.807) is 0 Å². The van der Waals surface area contributed by atoms with Crippen LogP contribution in [0.1, 0.15) is 63.1 Å². The third-order valence-corrected chi connectivity index (χ3v) is 4.21. The number of aryl methyl sites for hydroxylation is 1. The molecule has 0 aliphatic heterocycles. The summed E-state index contributed by atoms with van der Waals surface area (Å²) in [5, 5.41) is 6.65. The van der Waals surface area contributed by atoms with Crippen LogP contribution in [-0.2, 0) is 11.8 Å². The van der Waals surface area contributed by atoms with E-state index in [1.165, 1.54) is 11.7 Å². The summed E-state index contributed by atoms with van der Waals surface area (Å²) in [7, 11) is 1.53. The Morgan fingerprint density at radius 1 is 1.35 bits per heavy atom. The molecule has 0 unspecified atom stereocenters. The number of hydrogen-bond donors (Lipinski definition) is 1. The van der Waals surface area contributed by atoms with Gasteiger partial charge < -0.3 is 4.74 Å². The molecule has 5 nitrogen and oxygen atoms in total. The van der Waals surface area contributed by atoms with E-state index < -0.39 is 36.6 Å². The normalized spacial score (nSPS) is 18.5. The first kappa shape index (κ1) is 20.4. The van der Waals surface area contributed by atoms with Crippen LogP contribution in [0.2, 0.25) is 0 Å². The van der Waals surface area contributed by atoms with Crippen LogP contribution in [0, 0.1) is 0 Å².